The Morgan fingerprint density at radius 1 is 1.37 bits per heavy atom. The summed E-state index contributed by atoms with van der Waals surface area (Å²) in [5.74, 6) is -0.982. The van der Waals surface area contributed by atoms with Crippen LogP contribution in [0.15, 0.2) is 29.2 Å². The number of rotatable bonds is 5. The molecular weight excluding hydrogens is 262 g/mol. The van der Waals surface area contributed by atoms with Crippen molar-refractivity contribution in [3.8, 4) is 0 Å². The molecule has 0 bridgehead atoms. The molecule has 1 saturated carbocycles. The number of benzene rings is 1. The minimum atomic E-state index is -0.876. The highest BCUT2D eigenvalue weighted by atomic mass is 32.2. The zero-order valence-corrected chi connectivity index (χ0v) is 11.6. The first-order valence-electron chi connectivity index (χ1n) is 6.37. The molecule has 2 N–H and O–H groups in total. The van der Waals surface area contributed by atoms with Crippen LogP contribution in [-0.2, 0) is 4.79 Å². The van der Waals surface area contributed by atoms with Crippen LogP contribution < -0.4 is 5.32 Å². The molecule has 1 fully saturated rings. The van der Waals surface area contributed by atoms with Gasteiger partial charge in [0.15, 0.2) is 0 Å². The van der Waals surface area contributed by atoms with Gasteiger partial charge in [-0.15, -0.1) is 11.8 Å². The molecule has 1 aliphatic carbocycles. The van der Waals surface area contributed by atoms with E-state index in [0.29, 0.717) is 10.5 Å². The molecule has 0 aromatic heterocycles. The predicted molar refractivity (Wildman–Crippen MR) is 74.5 cm³/mol. The Balaban J connectivity index is 2.10. The summed E-state index contributed by atoms with van der Waals surface area (Å²) in [5, 5.41) is 11.3. The summed E-state index contributed by atoms with van der Waals surface area (Å²) < 4.78 is 0. The fraction of sp³-hybridized carbons (Fsp3) is 0.429. The van der Waals surface area contributed by atoms with Gasteiger partial charge in [0.2, 0.25) is 0 Å². The number of hydrogen-bond acceptors (Lipinski definition) is 3. The Kier molecular flexibility index (Phi) is 4.47. The Bertz CT molecular complexity index is 485. The van der Waals surface area contributed by atoms with Crippen LogP contribution in [0.2, 0.25) is 0 Å². The van der Waals surface area contributed by atoms with Crippen LogP contribution in [0, 0.1) is 0 Å². The van der Waals surface area contributed by atoms with Gasteiger partial charge in [-0.1, -0.05) is 12.1 Å². The highest BCUT2D eigenvalue weighted by Gasteiger charge is 2.22. The van der Waals surface area contributed by atoms with Crippen LogP contribution in [0.25, 0.3) is 0 Å². The van der Waals surface area contributed by atoms with Crippen LogP contribution in [0.1, 0.15) is 36.5 Å². The molecule has 0 radical (unpaired) electrons. The molecule has 1 unspecified atom stereocenters. The number of hydrogen-bond donors (Lipinski definition) is 2. The number of carboxylic acid groups (broad SMARTS) is 1. The first-order chi connectivity index (χ1) is 9.08. The third-order valence-electron chi connectivity index (χ3n) is 3.22. The van der Waals surface area contributed by atoms with Crippen LogP contribution >= 0.6 is 11.8 Å². The Morgan fingerprint density at radius 3 is 2.63 bits per heavy atom. The Morgan fingerprint density at radius 2 is 2.05 bits per heavy atom. The van der Waals surface area contributed by atoms with E-state index in [-0.39, 0.29) is 11.9 Å². The van der Waals surface area contributed by atoms with Crippen molar-refractivity contribution in [2.75, 3.05) is 0 Å². The van der Waals surface area contributed by atoms with E-state index in [4.69, 9.17) is 5.11 Å². The number of carbonyl (C=O) groups excluding carboxylic acids is 1. The number of carboxylic acids is 1. The van der Waals surface area contributed by atoms with E-state index in [1.165, 1.54) is 11.8 Å². The molecule has 1 atom stereocenters. The third-order valence-corrected chi connectivity index (χ3v) is 4.39. The van der Waals surface area contributed by atoms with Crippen LogP contribution in [0.3, 0.4) is 0 Å². The number of nitrogens with one attached hydrogen (secondary N) is 1. The lowest BCUT2D eigenvalue weighted by Gasteiger charge is -2.26. The monoisotopic (exact) mass is 279 g/mol. The molecule has 1 aliphatic rings. The molecule has 1 aromatic carbocycles. The topological polar surface area (TPSA) is 66.4 Å². The molecule has 19 heavy (non-hydrogen) atoms. The SMILES string of the molecule is CC(Sc1ccccc1C(=O)NC1CCC1)C(=O)O. The van der Waals surface area contributed by atoms with Crippen molar-refractivity contribution in [3.05, 3.63) is 29.8 Å². The zero-order chi connectivity index (χ0) is 13.8. The Hall–Kier alpha value is -1.49. The highest BCUT2D eigenvalue weighted by molar-refractivity contribution is 8.00. The van der Waals surface area contributed by atoms with Crippen molar-refractivity contribution in [3.63, 3.8) is 0 Å². The van der Waals surface area contributed by atoms with Gasteiger partial charge in [-0.3, -0.25) is 9.59 Å². The van der Waals surface area contributed by atoms with Crippen molar-refractivity contribution in [1.82, 2.24) is 5.32 Å². The number of aliphatic carboxylic acids is 1. The molecule has 0 spiro atoms. The molecule has 1 amide bonds. The fourth-order valence-corrected chi connectivity index (χ4v) is 2.74. The van der Waals surface area contributed by atoms with Gasteiger partial charge >= 0.3 is 5.97 Å². The van der Waals surface area contributed by atoms with E-state index in [0.717, 1.165) is 19.3 Å². The van der Waals surface area contributed by atoms with Gasteiger partial charge in [-0.05, 0) is 38.3 Å². The molecule has 0 saturated heterocycles. The second-order valence-corrected chi connectivity index (χ2v) is 6.08. The lowest BCUT2D eigenvalue weighted by Crippen LogP contribution is -2.39. The Labute approximate surface area is 116 Å². The fourth-order valence-electron chi connectivity index (χ4n) is 1.81. The van der Waals surface area contributed by atoms with Gasteiger partial charge in [-0.25, -0.2) is 0 Å². The minimum Gasteiger partial charge on any atom is -0.480 e. The molecule has 102 valence electrons. The average molecular weight is 279 g/mol. The van der Waals surface area contributed by atoms with E-state index in [2.05, 4.69) is 5.32 Å². The number of amides is 1. The predicted octanol–water partition coefficient (Wildman–Crippen LogP) is 2.53. The van der Waals surface area contributed by atoms with Crippen LogP contribution in [-0.4, -0.2) is 28.3 Å². The van der Waals surface area contributed by atoms with Crippen molar-refractivity contribution < 1.29 is 14.7 Å². The molecular formula is C14H17NO3S. The smallest absolute Gasteiger partial charge is 0.316 e. The lowest BCUT2D eigenvalue weighted by atomic mass is 9.93. The maximum Gasteiger partial charge on any atom is 0.316 e. The van der Waals surface area contributed by atoms with Crippen LogP contribution in [0.5, 0.6) is 0 Å². The summed E-state index contributed by atoms with van der Waals surface area (Å²) in [6.45, 7) is 1.62. The third kappa shape index (κ3) is 3.50. The lowest BCUT2D eigenvalue weighted by molar-refractivity contribution is -0.136. The van der Waals surface area contributed by atoms with Gasteiger partial charge in [0.25, 0.3) is 5.91 Å². The molecule has 0 heterocycles. The normalized spacial score (nSPS) is 16.5. The van der Waals surface area contributed by atoms with Crippen molar-refractivity contribution >= 4 is 23.6 Å². The van der Waals surface area contributed by atoms with Crippen molar-refractivity contribution in [2.24, 2.45) is 0 Å². The number of carbonyl (C=O) groups is 2. The van der Waals surface area contributed by atoms with E-state index in [1.807, 2.05) is 6.07 Å². The summed E-state index contributed by atoms with van der Waals surface area (Å²) in [7, 11) is 0. The maximum atomic E-state index is 12.1. The molecule has 5 heteroatoms. The second-order valence-electron chi connectivity index (χ2n) is 4.70. The van der Waals surface area contributed by atoms with Gasteiger partial charge in [0, 0.05) is 10.9 Å². The van der Waals surface area contributed by atoms with E-state index < -0.39 is 11.2 Å². The second kappa shape index (κ2) is 6.10. The highest BCUT2D eigenvalue weighted by Crippen LogP contribution is 2.27. The summed E-state index contributed by atoms with van der Waals surface area (Å²) >= 11 is 1.20. The van der Waals surface area contributed by atoms with E-state index in [1.54, 1.807) is 25.1 Å². The molecule has 2 rings (SSSR count). The summed E-state index contributed by atoms with van der Waals surface area (Å²) in [4.78, 5) is 23.8. The van der Waals surface area contributed by atoms with E-state index in [9.17, 15) is 9.59 Å². The molecule has 4 nitrogen and oxygen atoms in total. The summed E-state index contributed by atoms with van der Waals surface area (Å²) in [6, 6.07) is 7.43. The first-order valence-corrected chi connectivity index (χ1v) is 7.25. The summed E-state index contributed by atoms with van der Waals surface area (Å²) in [6.07, 6.45) is 3.23. The quantitative estimate of drug-likeness (QED) is 0.813. The summed E-state index contributed by atoms with van der Waals surface area (Å²) in [5.41, 5.74) is 0.563. The zero-order valence-electron chi connectivity index (χ0n) is 10.8. The minimum absolute atomic E-state index is 0.106. The molecule has 0 aliphatic heterocycles. The van der Waals surface area contributed by atoms with Gasteiger partial charge in [-0.2, -0.15) is 0 Å². The first kappa shape index (κ1) is 13.9. The van der Waals surface area contributed by atoms with Gasteiger partial charge < -0.3 is 10.4 Å². The maximum absolute atomic E-state index is 12.1. The number of thioether (sulfide) groups is 1. The van der Waals surface area contributed by atoms with Gasteiger partial charge in [0.05, 0.1) is 5.56 Å². The standard InChI is InChI=1S/C14H17NO3S/c1-9(14(17)18)19-12-8-3-2-7-11(12)13(16)15-10-5-4-6-10/h2-3,7-10H,4-6H2,1H3,(H,15,16)(H,17,18). The molecule has 1 aromatic rings. The largest absolute Gasteiger partial charge is 0.480 e. The average Bonchev–Trinajstić information content (AvgIpc) is 2.34. The van der Waals surface area contributed by atoms with Crippen molar-refractivity contribution in [1.29, 1.82) is 0 Å². The van der Waals surface area contributed by atoms with E-state index >= 15 is 0 Å². The van der Waals surface area contributed by atoms with Gasteiger partial charge in [0.1, 0.15) is 5.25 Å². The van der Waals surface area contributed by atoms with Crippen molar-refractivity contribution in [2.45, 2.75) is 42.4 Å². The van der Waals surface area contributed by atoms with Crippen LogP contribution in [0.4, 0.5) is 0 Å².